The summed E-state index contributed by atoms with van der Waals surface area (Å²) < 4.78 is 48.4. The number of aromatic nitrogens is 2. The van der Waals surface area contributed by atoms with E-state index in [0.717, 1.165) is 0 Å². The molecule has 3 atom stereocenters. The van der Waals surface area contributed by atoms with Crippen molar-refractivity contribution in [3.05, 3.63) is 34.4 Å². The zero-order valence-electron chi connectivity index (χ0n) is 14.8. The molecule has 4 nitrogen and oxygen atoms in total. The summed E-state index contributed by atoms with van der Waals surface area (Å²) in [5.74, 6) is -1.15. The van der Waals surface area contributed by atoms with Crippen molar-refractivity contribution in [2.75, 3.05) is 12.4 Å². The lowest BCUT2D eigenvalue weighted by atomic mass is 10.0. The summed E-state index contributed by atoms with van der Waals surface area (Å²) in [5, 5.41) is 7.17. The molecule has 0 spiro atoms. The van der Waals surface area contributed by atoms with E-state index in [-0.39, 0.29) is 12.1 Å². The second-order valence-corrected chi connectivity index (χ2v) is 7.00. The quantitative estimate of drug-likeness (QED) is 0.731. The van der Waals surface area contributed by atoms with Crippen LogP contribution in [-0.4, -0.2) is 29.1 Å². The van der Waals surface area contributed by atoms with Crippen molar-refractivity contribution in [3.63, 3.8) is 0 Å². The first-order valence-corrected chi connectivity index (χ1v) is 8.84. The molecule has 0 bridgehead atoms. The van der Waals surface area contributed by atoms with Gasteiger partial charge in [0.2, 0.25) is 0 Å². The predicted octanol–water partition coefficient (Wildman–Crippen LogP) is 5.03. The van der Waals surface area contributed by atoms with E-state index >= 15 is 0 Å². The number of anilines is 1. The van der Waals surface area contributed by atoms with E-state index in [1.165, 1.54) is 16.8 Å². The Hall–Kier alpha value is -1.73. The minimum Gasteiger partial charge on any atom is -0.377 e. The average Bonchev–Trinajstić information content (AvgIpc) is 3.14. The lowest BCUT2D eigenvalue weighted by Gasteiger charge is -2.17. The number of ether oxygens (including phenoxy) is 1. The van der Waals surface area contributed by atoms with Crippen LogP contribution in [0.5, 0.6) is 0 Å². The molecule has 1 unspecified atom stereocenters. The highest BCUT2D eigenvalue weighted by molar-refractivity contribution is 6.31. The van der Waals surface area contributed by atoms with Crippen molar-refractivity contribution < 1.29 is 17.9 Å². The van der Waals surface area contributed by atoms with Crippen molar-refractivity contribution in [2.24, 2.45) is 7.05 Å². The summed E-state index contributed by atoms with van der Waals surface area (Å²) in [4.78, 5) is 0. The molecule has 8 heteroatoms. The standard InChI is InChI=1S/C18H21ClF3N3O/c1-9(26-3)15-17(10-6-13(21)16(19)14(22)7-10)25(2)24-18(15)23-12-5-4-11(20)8-12/h6-7,9,11-12H,4-5,8H2,1-3H3,(H,23,24)/t9?,11-,12+/m1/s1. The van der Waals surface area contributed by atoms with Gasteiger partial charge in [-0.05, 0) is 38.3 Å². The molecule has 1 aromatic carbocycles. The number of nitrogens with one attached hydrogen (secondary N) is 1. The first-order chi connectivity index (χ1) is 12.3. The third kappa shape index (κ3) is 3.55. The van der Waals surface area contributed by atoms with Gasteiger partial charge < -0.3 is 10.1 Å². The van der Waals surface area contributed by atoms with Gasteiger partial charge in [0, 0.05) is 25.8 Å². The molecule has 3 rings (SSSR count). The number of alkyl halides is 1. The first kappa shape index (κ1) is 19.0. The van der Waals surface area contributed by atoms with Crippen LogP contribution < -0.4 is 5.32 Å². The molecule has 1 aliphatic rings. The lowest BCUT2D eigenvalue weighted by Crippen LogP contribution is -2.17. The number of hydrogen-bond donors (Lipinski definition) is 1. The number of benzene rings is 1. The van der Waals surface area contributed by atoms with Crippen molar-refractivity contribution in [1.82, 2.24) is 9.78 Å². The van der Waals surface area contributed by atoms with Crippen LogP contribution in [-0.2, 0) is 11.8 Å². The van der Waals surface area contributed by atoms with E-state index in [1.807, 2.05) is 6.92 Å². The molecular weight excluding hydrogens is 367 g/mol. The van der Waals surface area contributed by atoms with Crippen molar-refractivity contribution >= 4 is 17.4 Å². The fraction of sp³-hybridized carbons (Fsp3) is 0.500. The Bertz CT molecular complexity index is 788. The normalized spacial score (nSPS) is 21.2. The molecule has 0 saturated heterocycles. The van der Waals surface area contributed by atoms with Gasteiger partial charge in [-0.3, -0.25) is 4.68 Å². The summed E-state index contributed by atoms with van der Waals surface area (Å²) >= 11 is 5.59. The van der Waals surface area contributed by atoms with Crippen molar-refractivity contribution in [1.29, 1.82) is 0 Å². The molecule has 1 fully saturated rings. The number of nitrogens with zero attached hydrogens (tertiary/aromatic N) is 2. The minimum atomic E-state index is -0.843. The molecule has 1 N–H and O–H groups in total. The molecule has 1 aromatic heterocycles. The maximum atomic E-state index is 14.0. The Morgan fingerprint density at radius 2 is 1.96 bits per heavy atom. The molecule has 26 heavy (non-hydrogen) atoms. The fourth-order valence-electron chi connectivity index (χ4n) is 3.44. The van der Waals surface area contributed by atoms with E-state index < -0.39 is 22.8 Å². The maximum Gasteiger partial charge on any atom is 0.154 e. The molecule has 0 radical (unpaired) electrons. The third-order valence-corrected chi connectivity index (χ3v) is 5.17. The van der Waals surface area contributed by atoms with Crippen LogP contribution >= 0.6 is 11.6 Å². The highest BCUT2D eigenvalue weighted by Gasteiger charge is 2.29. The lowest BCUT2D eigenvalue weighted by molar-refractivity contribution is 0.120. The van der Waals surface area contributed by atoms with Gasteiger partial charge in [0.05, 0.1) is 17.4 Å². The van der Waals surface area contributed by atoms with E-state index in [0.29, 0.717) is 41.9 Å². The Balaban J connectivity index is 2.07. The number of rotatable bonds is 5. The Morgan fingerprint density at radius 3 is 2.50 bits per heavy atom. The summed E-state index contributed by atoms with van der Waals surface area (Å²) in [6.45, 7) is 1.82. The zero-order chi connectivity index (χ0) is 19.0. The van der Waals surface area contributed by atoms with Gasteiger partial charge >= 0.3 is 0 Å². The zero-order valence-corrected chi connectivity index (χ0v) is 15.6. The Morgan fingerprint density at radius 1 is 1.31 bits per heavy atom. The second kappa shape index (κ2) is 7.48. The maximum absolute atomic E-state index is 14.0. The monoisotopic (exact) mass is 387 g/mol. The van der Waals surface area contributed by atoms with E-state index in [4.69, 9.17) is 16.3 Å². The van der Waals surface area contributed by atoms with Crippen LogP contribution in [0.1, 0.15) is 37.9 Å². The first-order valence-electron chi connectivity index (χ1n) is 8.47. The Labute approximate surface area is 155 Å². The van der Waals surface area contributed by atoms with Gasteiger partial charge in [-0.1, -0.05) is 11.6 Å². The van der Waals surface area contributed by atoms with Crippen LogP contribution in [0.2, 0.25) is 5.02 Å². The van der Waals surface area contributed by atoms with Gasteiger partial charge in [-0.25, -0.2) is 13.2 Å². The van der Waals surface area contributed by atoms with E-state index in [9.17, 15) is 13.2 Å². The van der Waals surface area contributed by atoms with Crippen molar-refractivity contribution in [3.8, 4) is 11.3 Å². The summed E-state index contributed by atoms with van der Waals surface area (Å²) in [6.07, 6.45) is 0.429. The largest absolute Gasteiger partial charge is 0.377 e. The second-order valence-electron chi connectivity index (χ2n) is 6.62. The molecule has 0 amide bonds. The summed E-state index contributed by atoms with van der Waals surface area (Å²) in [5.41, 5.74) is 1.49. The van der Waals surface area contributed by atoms with Gasteiger partial charge in [0.25, 0.3) is 0 Å². The van der Waals surface area contributed by atoms with Gasteiger partial charge in [0.15, 0.2) is 5.82 Å². The van der Waals surface area contributed by atoms with Gasteiger partial charge in [-0.2, -0.15) is 5.10 Å². The molecule has 142 valence electrons. The Kier molecular flexibility index (Phi) is 5.48. The molecule has 0 aliphatic heterocycles. The van der Waals surface area contributed by atoms with Gasteiger partial charge in [0.1, 0.15) is 22.8 Å². The molecule has 1 heterocycles. The molecule has 2 aromatic rings. The van der Waals surface area contributed by atoms with E-state index in [2.05, 4.69) is 10.4 Å². The molecule has 1 aliphatic carbocycles. The number of aryl methyl sites for hydroxylation is 1. The molecular formula is C18H21ClF3N3O. The van der Waals surface area contributed by atoms with Crippen LogP contribution in [0.25, 0.3) is 11.3 Å². The third-order valence-electron chi connectivity index (χ3n) is 4.81. The van der Waals surface area contributed by atoms with Gasteiger partial charge in [-0.15, -0.1) is 0 Å². The number of hydrogen-bond acceptors (Lipinski definition) is 3. The van der Waals surface area contributed by atoms with Crippen LogP contribution in [0.3, 0.4) is 0 Å². The highest BCUT2D eigenvalue weighted by Crippen LogP contribution is 2.38. The molecule has 1 saturated carbocycles. The fourth-order valence-corrected chi connectivity index (χ4v) is 3.54. The van der Waals surface area contributed by atoms with E-state index in [1.54, 1.807) is 14.2 Å². The average molecular weight is 388 g/mol. The topological polar surface area (TPSA) is 39.1 Å². The summed E-state index contributed by atoms with van der Waals surface area (Å²) in [6, 6.07) is 2.31. The number of halogens is 4. The predicted molar refractivity (Wildman–Crippen MR) is 95.2 cm³/mol. The van der Waals surface area contributed by atoms with Crippen LogP contribution in [0, 0.1) is 11.6 Å². The van der Waals surface area contributed by atoms with Crippen LogP contribution in [0.15, 0.2) is 12.1 Å². The minimum absolute atomic E-state index is 0.0331. The van der Waals surface area contributed by atoms with Crippen LogP contribution in [0.4, 0.5) is 19.0 Å². The highest BCUT2D eigenvalue weighted by atomic mass is 35.5. The smallest absolute Gasteiger partial charge is 0.154 e. The number of methoxy groups -OCH3 is 1. The SMILES string of the molecule is COC(C)c1c(N[C@H]2CC[C@@H](F)C2)nn(C)c1-c1cc(F)c(Cl)c(F)c1. The summed E-state index contributed by atoms with van der Waals surface area (Å²) in [7, 11) is 3.23. The van der Waals surface area contributed by atoms with Crippen molar-refractivity contribution in [2.45, 2.75) is 44.5 Å².